The first-order valence-electron chi connectivity index (χ1n) is 5.58. The zero-order valence-corrected chi connectivity index (χ0v) is 12.2. The Bertz CT molecular complexity index is 623. The van der Waals surface area contributed by atoms with Crippen molar-refractivity contribution in [3.63, 3.8) is 0 Å². The van der Waals surface area contributed by atoms with E-state index < -0.39 is 26.9 Å². The molecule has 0 aromatic heterocycles. The molecule has 2 aromatic carbocycles. The molecular formula is C15H11FO2Te. The Morgan fingerprint density at radius 1 is 1.11 bits per heavy atom. The second kappa shape index (κ2) is 6.51. The van der Waals surface area contributed by atoms with Crippen molar-refractivity contribution in [2.24, 2.45) is 0 Å². The molecule has 0 bridgehead atoms. The average molecular weight is 370 g/mol. The number of halogens is 1. The molecule has 1 N–H and O–H groups in total. The van der Waals surface area contributed by atoms with Gasteiger partial charge in [0, 0.05) is 0 Å². The summed E-state index contributed by atoms with van der Waals surface area (Å²) < 4.78 is 15.3. The molecule has 0 radical (unpaired) electrons. The molecule has 2 nitrogen and oxygen atoms in total. The summed E-state index contributed by atoms with van der Waals surface area (Å²) in [6.07, 6.45) is 2.67. The van der Waals surface area contributed by atoms with Crippen LogP contribution in [0.4, 0.5) is 4.39 Å². The second-order valence-electron chi connectivity index (χ2n) is 3.80. The number of rotatable bonds is 4. The van der Waals surface area contributed by atoms with Crippen LogP contribution in [-0.4, -0.2) is 32.0 Å². The van der Waals surface area contributed by atoms with E-state index in [0.717, 1.165) is 18.9 Å². The van der Waals surface area contributed by atoms with Crippen LogP contribution in [0.1, 0.15) is 5.56 Å². The van der Waals surface area contributed by atoms with E-state index in [9.17, 15) is 9.18 Å². The second-order valence-corrected chi connectivity index (χ2v) is 7.08. The van der Waals surface area contributed by atoms with Crippen molar-refractivity contribution in [1.82, 2.24) is 0 Å². The Morgan fingerprint density at radius 3 is 2.47 bits per heavy atom. The fourth-order valence-electron chi connectivity index (χ4n) is 1.52. The van der Waals surface area contributed by atoms with Gasteiger partial charge in [0.15, 0.2) is 0 Å². The summed E-state index contributed by atoms with van der Waals surface area (Å²) >= 11 is -0.648. The van der Waals surface area contributed by atoms with Crippen LogP contribution in [0.2, 0.25) is 0 Å². The monoisotopic (exact) mass is 372 g/mol. The quantitative estimate of drug-likeness (QED) is 0.656. The average Bonchev–Trinajstić information content (AvgIpc) is 2.37. The third kappa shape index (κ3) is 4.51. The molecular weight excluding hydrogens is 359 g/mol. The Hall–Kier alpha value is -1.63. The van der Waals surface area contributed by atoms with E-state index >= 15 is 0 Å². The SMILES string of the molecule is O=C(O)/C=C\c1cccc([Te]c2cccc(F)c2)c1. The molecule has 0 aliphatic heterocycles. The first-order valence-corrected chi connectivity index (χ1v) is 7.91. The summed E-state index contributed by atoms with van der Waals surface area (Å²) in [6, 6.07) is 14.3. The molecule has 4 heteroatoms. The molecule has 0 saturated heterocycles. The van der Waals surface area contributed by atoms with Gasteiger partial charge in [-0.05, 0) is 0 Å². The maximum absolute atomic E-state index is 13.1. The van der Waals surface area contributed by atoms with E-state index in [1.807, 2.05) is 30.3 Å². The van der Waals surface area contributed by atoms with Crippen molar-refractivity contribution in [1.29, 1.82) is 0 Å². The molecule has 0 atom stereocenters. The fraction of sp³-hybridized carbons (Fsp3) is 0. The van der Waals surface area contributed by atoms with Gasteiger partial charge in [0.1, 0.15) is 0 Å². The molecule has 0 aliphatic carbocycles. The van der Waals surface area contributed by atoms with E-state index in [1.165, 1.54) is 6.07 Å². The Labute approximate surface area is 120 Å². The third-order valence-electron chi connectivity index (χ3n) is 2.31. The molecule has 0 amide bonds. The van der Waals surface area contributed by atoms with Crippen LogP contribution >= 0.6 is 0 Å². The van der Waals surface area contributed by atoms with Crippen LogP contribution in [0.25, 0.3) is 6.08 Å². The van der Waals surface area contributed by atoms with E-state index in [2.05, 4.69) is 0 Å². The summed E-state index contributed by atoms with van der Waals surface area (Å²) in [7, 11) is 0. The van der Waals surface area contributed by atoms with Crippen LogP contribution in [0.5, 0.6) is 0 Å². The summed E-state index contributed by atoms with van der Waals surface area (Å²) in [5, 5.41) is 8.59. The first kappa shape index (κ1) is 13.8. The van der Waals surface area contributed by atoms with E-state index in [0.29, 0.717) is 0 Å². The molecule has 0 aliphatic rings. The summed E-state index contributed by atoms with van der Waals surface area (Å²) in [5.74, 6) is -1.18. The van der Waals surface area contributed by atoms with E-state index in [1.54, 1.807) is 18.2 Å². The van der Waals surface area contributed by atoms with Gasteiger partial charge in [-0.15, -0.1) is 0 Å². The molecule has 0 spiro atoms. The summed E-state index contributed by atoms with van der Waals surface area (Å²) in [4.78, 5) is 10.5. The van der Waals surface area contributed by atoms with Crippen molar-refractivity contribution in [3.05, 3.63) is 66.0 Å². The van der Waals surface area contributed by atoms with Crippen molar-refractivity contribution in [2.75, 3.05) is 0 Å². The zero-order valence-electron chi connectivity index (χ0n) is 9.92. The van der Waals surface area contributed by atoms with Gasteiger partial charge in [-0.1, -0.05) is 0 Å². The van der Waals surface area contributed by atoms with Gasteiger partial charge >= 0.3 is 120 Å². The standard InChI is InChI=1S/C15H11FO2Te/c16-12-4-2-6-14(10-12)19-13-5-1-3-11(9-13)7-8-15(17)18/h1-10H,(H,17,18)/b8-7-. The minimum absolute atomic E-state index is 0.218. The van der Waals surface area contributed by atoms with Gasteiger partial charge in [0.2, 0.25) is 0 Å². The number of carbonyl (C=O) groups is 1. The predicted molar refractivity (Wildman–Crippen MR) is 74.5 cm³/mol. The van der Waals surface area contributed by atoms with Crippen molar-refractivity contribution < 1.29 is 14.3 Å². The normalized spacial score (nSPS) is 10.8. The summed E-state index contributed by atoms with van der Waals surface area (Å²) in [6.45, 7) is 0. The van der Waals surface area contributed by atoms with Crippen LogP contribution in [-0.2, 0) is 4.79 Å². The fourth-order valence-corrected chi connectivity index (χ4v) is 4.18. The van der Waals surface area contributed by atoms with Crippen LogP contribution in [0.3, 0.4) is 0 Å². The number of benzene rings is 2. The van der Waals surface area contributed by atoms with Gasteiger partial charge in [-0.2, -0.15) is 0 Å². The molecule has 0 fully saturated rings. The van der Waals surface area contributed by atoms with Gasteiger partial charge < -0.3 is 0 Å². The van der Waals surface area contributed by atoms with Gasteiger partial charge in [0.25, 0.3) is 0 Å². The molecule has 2 aromatic rings. The predicted octanol–water partition coefficient (Wildman–Crippen LogP) is 1.58. The number of aliphatic carboxylic acids is 1. The molecule has 0 unspecified atom stereocenters. The van der Waals surface area contributed by atoms with Gasteiger partial charge in [0.05, 0.1) is 0 Å². The van der Waals surface area contributed by atoms with Crippen LogP contribution in [0, 0.1) is 5.82 Å². The Balaban J connectivity index is 2.17. The Kier molecular flexibility index (Phi) is 4.73. The maximum atomic E-state index is 13.1. The molecule has 0 heterocycles. The topological polar surface area (TPSA) is 37.3 Å². The molecule has 0 saturated carbocycles. The van der Waals surface area contributed by atoms with Crippen LogP contribution < -0.4 is 7.22 Å². The molecule has 2 rings (SSSR count). The van der Waals surface area contributed by atoms with Crippen LogP contribution in [0.15, 0.2) is 54.6 Å². The number of carboxylic acid groups (broad SMARTS) is 1. The van der Waals surface area contributed by atoms with Gasteiger partial charge in [-0.3, -0.25) is 0 Å². The minimum atomic E-state index is -0.966. The van der Waals surface area contributed by atoms with E-state index in [-0.39, 0.29) is 5.82 Å². The molecule has 96 valence electrons. The summed E-state index contributed by atoms with van der Waals surface area (Å²) in [5.41, 5.74) is 0.849. The number of hydrogen-bond donors (Lipinski definition) is 1. The number of hydrogen-bond acceptors (Lipinski definition) is 1. The Morgan fingerprint density at radius 2 is 1.79 bits per heavy atom. The van der Waals surface area contributed by atoms with E-state index in [4.69, 9.17) is 5.11 Å². The van der Waals surface area contributed by atoms with Gasteiger partial charge in [-0.25, -0.2) is 0 Å². The first-order chi connectivity index (χ1) is 9.13. The number of carboxylic acids is 1. The zero-order chi connectivity index (χ0) is 13.7. The van der Waals surface area contributed by atoms with Crippen molar-refractivity contribution in [3.8, 4) is 0 Å². The molecule has 19 heavy (non-hydrogen) atoms. The van der Waals surface area contributed by atoms with Crippen molar-refractivity contribution in [2.45, 2.75) is 0 Å². The van der Waals surface area contributed by atoms with Crippen molar-refractivity contribution >= 4 is 40.2 Å². The third-order valence-corrected chi connectivity index (χ3v) is 5.10.